The van der Waals surface area contributed by atoms with E-state index in [1.165, 1.54) is 45.8 Å². The number of fused-ring (bicyclic) bond motifs is 1. The Morgan fingerprint density at radius 1 is 0.768 bits per heavy atom. The van der Waals surface area contributed by atoms with Crippen LogP contribution in [0.5, 0.6) is 5.75 Å². The third-order valence-corrected chi connectivity index (χ3v) is 13.1. The molecule has 2 aliphatic rings. The van der Waals surface area contributed by atoms with Crippen molar-refractivity contribution in [3.63, 3.8) is 0 Å². The molecule has 8 nitrogen and oxygen atoms in total. The topological polar surface area (TPSA) is 79.2 Å². The van der Waals surface area contributed by atoms with Crippen LogP contribution in [0, 0.1) is 10.1 Å². The van der Waals surface area contributed by atoms with Gasteiger partial charge < -0.3 is 24.8 Å². The predicted octanol–water partition coefficient (Wildman–Crippen LogP) is 4.46. The van der Waals surface area contributed by atoms with Crippen LogP contribution in [0.3, 0.4) is 0 Å². The second-order valence-corrected chi connectivity index (χ2v) is 17.6. The number of rotatable bonds is 11. The molecule has 11 heteroatoms. The van der Waals surface area contributed by atoms with Crippen LogP contribution in [0.15, 0.2) is 78.9 Å². The number of non-ortho nitro benzene ring substituents is 1. The zero-order valence-electron chi connectivity index (χ0n) is 33.9. The Kier molecular flexibility index (Phi) is 15.3. The van der Waals surface area contributed by atoms with Crippen LogP contribution in [-0.2, 0) is 16.7 Å². The number of carbonyl (C=O) groups is 1. The molecule has 301 valence electrons. The standard InChI is InChI=1S/C27H39N2.C18H16N2O4.2ClH.Ru/c1-18(2)22-11-9-12-23(19(3)4)26(22)28-15-16-29(17-28)27-24(20(5)6)13-10-14-25(27)21(7)8;1-3-15-11-19(16-6-4-5-12(2)17(16)24-15)18(21)13-7-9-14(10-8-13)20(22)23;;;/h9-14,17-21H,15-16H2,1-8H3;2,4-10,15H,3,11H2,1H3;2*1H;/q;;;;+2/p-2. The van der Waals surface area contributed by atoms with E-state index in [2.05, 4.69) is 119 Å². The summed E-state index contributed by atoms with van der Waals surface area (Å²) in [5, 5.41) is 11.3. The van der Waals surface area contributed by atoms with Gasteiger partial charge in [-0.1, -0.05) is 0 Å². The molecule has 0 aromatic heterocycles. The maximum Gasteiger partial charge on any atom is -1.00 e. The molecule has 0 aliphatic carbocycles. The van der Waals surface area contributed by atoms with E-state index in [9.17, 15) is 14.9 Å². The number of nitro groups is 1. The third-order valence-electron chi connectivity index (χ3n) is 10.6. The number of amides is 1. The Hall–Kier alpha value is -3.78. The summed E-state index contributed by atoms with van der Waals surface area (Å²) in [6, 6.07) is 25.7. The maximum absolute atomic E-state index is 14.0. The molecule has 0 N–H and O–H groups in total. The summed E-state index contributed by atoms with van der Waals surface area (Å²) >= 11 is -0.407. The molecule has 1 saturated heterocycles. The van der Waals surface area contributed by atoms with Crippen molar-refractivity contribution in [2.45, 2.75) is 103 Å². The van der Waals surface area contributed by atoms with E-state index in [4.69, 9.17) is 4.74 Å². The number of nitro benzene ring substituents is 1. The first-order valence-corrected chi connectivity index (χ1v) is 21.4. The minimum Gasteiger partial charge on any atom is -1.00 e. The first-order valence-electron chi connectivity index (χ1n) is 19.4. The molecular formula is C45H55Cl2N4O4Ru. The van der Waals surface area contributed by atoms with E-state index >= 15 is 0 Å². The molecule has 0 bridgehead atoms. The molecule has 6 rings (SSSR count). The van der Waals surface area contributed by atoms with E-state index in [0.29, 0.717) is 35.8 Å². The SMILES string of the molecule is CCC1CN(C(=O)c2ccc([N+](=O)[O-])cc2)c2cccc(/[CH]=[Ru+2]/[CH]3N(c4c(C(C)C)cccc4C(C)C)CCN3c3c(C(C)C)cccc3C(C)C)c2O1.[Cl-].[Cl-]. The Balaban J connectivity index is 0.00000348. The summed E-state index contributed by atoms with van der Waals surface area (Å²) in [6.07, 6.45) is 0.561. The number of para-hydroxylation sites is 3. The van der Waals surface area contributed by atoms with Gasteiger partial charge in [0.2, 0.25) is 0 Å². The third kappa shape index (κ3) is 9.01. The van der Waals surface area contributed by atoms with Gasteiger partial charge in [0, 0.05) is 0 Å². The molecule has 4 aromatic rings. The first-order chi connectivity index (χ1) is 25.8. The van der Waals surface area contributed by atoms with Gasteiger partial charge in [0.1, 0.15) is 0 Å². The number of benzene rings is 4. The van der Waals surface area contributed by atoms with Crippen molar-refractivity contribution < 1.29 is 55.9 Å². The van der Waals surface area contributed by atoms with Crippen molar-refractivity contribution in [3.05, 3.63) is 122 Å². The van der Waals surface area contributed by atoms with E-state index in [1.54, 1.807) is 17.0 Å². The van der Waals surface area contributed by atoms with Crippen molar-refractivity contribution in [1.82, 2.24) is 0 Å². The number of anilines is 3. The van der Waals surface area contributed by atoms with Gasteiger partial charge in [0.15, 0.2) is 0 Å². The van der Waals surface area contributed by atoms with Gasteiger partial charge in [-0.15, -0.1) is 0 Å². The van der Waals surface area contributed by atoms with Crippen molar-refractivity contribution in [1.29, 1.82) is 0 Å². The second kappa shape index (κ2) is 19.1. The van der Waals surface area contributed by atoms with E-state index in [1.807, 2.05) is 12.1 Å². The number of nitrogens with zero attached hydrogens (tertiary/aromatic N) is 4. The number of hydrogen-bond donors (Lipinski definition) is 0. The molecule has 0 saturated carbocycles. The smallest absolute Gasteiger partial charge is 1.00 e. The van der Waals surface area contributed by atoms with Crippen LogP contribution in [-0.4, -0.2) is 45.9 Å². The quantitative estimate of drug-likeness (QED) is 0.126. The summed E-state index contributed by atoms with van der Waals surface area (Å²) < 4.78 is 9.22. The Morgan fingerprint density at radius 2 is 1.23 bits per heavy atom. The number of halogens is 2. The molecule has 0 radical (unpaired) electrons. The van der Waals surface area contributed by atoms with Crippen molar-refractivity contribution >= 4 is 33.3 Å². The average molecular weight is 888 g/mol. The average Bonchev–Trinajstić information content (AvgIpc) is 3.58. The predicted molar refractivity (Wildman–Crippen MR) is 219 cm³/mol. The fourth-order valence-corrected chi connectivity index (χ4v) is 10.2. The molecule has 56 heavy (non-hydrogen) atoms. The van der Waals surface area contributed by atoms with Gasteiger partial charge >= 0.3 is 330 Å². The van der Waals surface area contributed by atoms with Crippen LogP contribution < -0.4 is 44.3 Å². The van der Waals surface area contributed by atoms with Gasteiger partial charge in [0.05, 0.1) is 0 Å². The Morgan fingerprint density at radius 3 is 1.66 bits per heavy atom. The summed E-state index contributed by atoms with van der Waals surface area (Å²) in [4.78, 5) is 32.1. The summed E-state index contributed by atoms with van der Waals surface area (Å²) in [7, 11) is 0. The summed E-state index contributed by atoms with van der Waals surface area (Å²) in [5.74, 6) is 2.05. The number of carbonyl (C=O) groups excluding carboxylic acids is 1. The molecule has 2 aliphatic heterocycles. The van der Waals surface area contributed by atoms with Crippen molar-refractivity contribution in [2.75, 3.05) is 34.3 Å². The van der Waals surface area contributed by atoms with Crippen LogP contribution in [0.4, 0.5) is 22.7 Å². The molecular weight excluding hydrogens is 832 g/mol. The van der Waals surface area contributed by atoms with Crippen molar-refractivity contribution in [3.8, 4) is 5.75 Å². The molecule has 4 aromatic carbocycles. The summed E-state index contributed by atoms with van der Waals surface area (Å²) in [6.45, 7) is 22.8. The van der Waals surface area contributed by atoms with Gasteiger partial charge in [0.25, 0.3) is 0 Å². The molecule has 1 amide bonds. The molecule has 2 heterocycles. The van der Waals surface area contributed by atoms with E-state index in [0.717, 1.165) is 36.5 Å². The first kappa shape index (κ1) is 44.9. The minimum absolute atomic E-state index is 0. The Labute approximate surface area is 353 Å². The summed E-state index contributed by atoms with van der Waals surface area (Å²) in [5.41, 5.74) is 10.4. The van der Waals surface area contributed by atoms with Crippen LogP contribution in [0.25, 0.3) is 0 Å². The normalized spacial score (nSPS) is 15.7. The molecule has 1 fully saturated rings. The number of ether oxygens (including phenoxy) is 1. The van der Waals surface area contributed by atoms with Crippen LogP contribution in [0.2, 0.25) is 0 Å². The number of hydrogen-bond acceptors (Lipinski definition) is 6. The zero-order chi connectivity index (χ0) is 38.8. The van der Waals surface area contributed by atoms with Gasteiger partial charge in [-0.25, -0.2) is 0 Å². The van der Waals surface area contributed by atoms with Crippen molar-refractivity contribution in [2.24, 2.45) is 0 Å². The van der Waals surface area contributed by atoms with Gasteiger partial charge in [-0.3, -0.25) is 0 Å². The fraction of sp³-hybridized carbons (Fsp3) is 0.422. The van der Waals surface area contributed by atoms with Crippen LogP contribution >= 0.6 is 0 Å². The zero-order valence-corrected chi connectivity index (χ0v) is 37.2. The van der Waals surface area contributed by atoms with E-state index < -0.39 is 21.6 Å². The van der Waals surface area contributed by atoms with E-state index in [-0.39, 0.29) is 47.3 Å². The van der Waals surface area contributed by atoms with Crippen LogP contribution in [0.1, 0.15) is 131 Å². The Bertz CT molecular complexity index is 1910. The molecule has 1 unspecified atom stereocenters. The largest absolute Gasteiger partial charge is 1.00 e. The molecule has 1 atom stereocenters. The maximum atomic E-state index is 14.0. The minimum atomic E-state index is -0.446. The second-order valence-electron chi connectivity index (χ2n) is 15.7. The fourth-order valence-electron chi connectivity index (χ4n) is 7.71. The van der Waals surface area contributed by atoms with Gasteiger partial charge in [-0.2, -0.15) is 0 Å². The molecule has 0 spiro atoms. The van der Waals surface area contributed by atoms with Gasteiger partial charge in [-0.05, 0) is 0 Å². The monoisotopic (exact) mass is 887 g/mol.